The third-order valence-corrected chi connectivity index (χ3v) is 4.53. The summed E-state index contributed by atoms with van der Waals surface area (Å²) in [6, 6.07) is 24.3. The number of carbonyl (C=O) groups is 1. The predicted molar refractivity (Wildman–Crippen MR) is 108 cm³/mol. The molecule has 1 aromatic heterocycles. The molecule has 4 aromatic rings. The number of nitrogens with one attached hydrogen (secondary N) is 1. The van der Waals surface area contributed by atoms with E-state index in [0.717, 1.165) is 5.56 Å². The van der Waals surface area contributed by atoms with E-state index in [9.17, 15) is 9.18 Å². The summed E-state index contributed by atoms with van der Waals surface area (Å²) in [5.74, 6) is -0.998. The molecule has 6 heteroatoms. The van der Waals surface area contributed by atoms with Crippen LogP contribution in [0.1, 0.15) is 10.5 Å². The molecular weight excluding hydrogens is 377 g/mol. The second-order valence-electron chi connectivity index (χ2n) is 6.08. The summed E-state index contributed by atoms with van der Waals surface area (Å²) in [5.41, 5.74) is 2.37. The topological polar surface area (TPSA) is 46.9 Å². The summed E-state index contributed by atoms with van der Waals surface area (Å²) in [6.07, 6.45) is 0. The molecule has 4 rings (SSSR count). The van der Waals surface area contributed by atoms with Crippen molar-refractivity contribution in [1.29, 1.82) is 0 Å². The Bertz CT molecular complexity index is 1140. The first kappa shape index (κ1) is 17.9. The van der Waals surface area contributed by atoms with E-state index in [0.29, 0.717) is 16.4 Å². The highest BCUT2D eigenvalue weighted by Gasteiger charge is 2.20. The van der Waals surface area contributed by atoms with Gasteiger partial charge in [0, 0.05) is 5.56 Å². The summed E-state index contributed by atoms with van der Waals surface area (Å²) >= 11 is 6.32. The van der Waals surface area contributed by atoms with Gasteiger partial charge >= 0.3 is 0 Å². The van der Waals surface area contributed by atoms with Gasteiger partial charge in [0.15, 0.2) is 0 Å². The van der Waals surface area contributed by atoms with Crippen LogP contribution in [-0.4, -0.2) is 15.7 Å². The maximum absolute atomic E-state index is 14.0. The predicted octanol–water partition coefficient (Wildman–Crippen LogP) is 5.58. The van der Waals surface area contributed by atoms with Gasteiger partial charge < -0.3 is 5.32 Å². The van der Waals surface area contributed by atoms with E-state index in [2.05, 4.69) is 10.4 Å². The Balaban J connectivity index is 1.81. The molecule has 138 valence electrons. The molecule has 0 fully saturated rings. The van der Waals surface area contributed by atoms with Crippen LogP contribution >= 0.6 is 11.6 Å². The molecule has 1 amide bonds. The number of hydrogen-bond donors (Lipinski definition) is 1. The number of hydrogen-bond acceptors (Lipinski definition) is 2. The van der Waals surface area contributed by atoms with Crippen molar-refractivity contribution < 1.29 is 9.18 Å². The van der Waals surface area contributed by atoms with Crippen LogP contribution < -0.4 is 5.32 Å². The fraction of sp³-hybridized carbons (Fsp3) is 0. The van der Waals surface area contributed by atoms with E-state index in [1.165, 1.54) is 16.8 Å². The quantitative estimate of drug-likeness (QED) is 0.493. The molecule has 3 aromatic carbocycles. The molecule has 0 unspecified atom stereocenters. The van der Waals surface area contributed by atoms with Crippen LogP contribution in [0.5, 0.6) is 0 Å². The second-order valence-corrected chi connectivity index (χ2v) is 6.49. The van der Waals surface area contributed by atoms with Crippen molar-refractivity contribution in [2.45, 2.75) is 0 Å². The zero-order chi connectivity index (χ0) is 19.5. The lowest BCUT2D eigenvalue weighted by molar-refractivity contribution is 0.101. The molecule has 4 nitrogen and oxygen atoms in total. The number of anilines is 1. The number of nitrogens with zero attached hydrogens (tertiary/aromatic N) is 2. The van der Waals surface area contributed by atoms with Gasteiger partial charge in [0.2, 0.25) is 0 Å². The van der Waals surface area contributed by atoms with E-state index in [-0.39, 0.29) is 11.4 Å². The maximum atomic E-state index is 14.0. The van der Waals surface area contributed by atoms with E-state index in [4.69, 9.17) is 11.6 Å². The minimum absolute atomic E-state index is 0.0978. The summed E-state index contributed by atoms with van der Waals surface area (Å²) in [5, 5.41) is 7.63. The smallest absolute Gasteiger partial charge is 0.274 e. The van der Waals surface area contributed by atoms with Crippen LogP contribution in [-0.2, 0) is 0 Å². The average Bonchev–Trinajstić information content (AvgIpc) is 3.16. The van der Waals surface area contributed by atoms with Crippen LogP contribution in [0.4, 0.5) is 10.1 Å². The van der Waals surface area contributed by atoms with Crippen LogP contribution in [0, 0.1) is 5.82 Å². The zero-order valence-electron chi connectivity index (χ0n) is 14.6. The first-order valence-corrected chi connectivity index (χ1v) is 8.97. The van der Waals surface area contributed by atoms with Crippen LogP contribution in [0.25, 0.3) is 16.9 Å². The fourth-order valence-corrected chi connectivity index (χ4v) is 3.06. The monoisotopic (exact) mass is 391 g/mol. The summed E-state index contributed by atoms with van der Waals surface area (Å²) in [4.78, 5) is 12.9. The first-order valence-electron chi connectivity index (χ1n) is 8.60. The van der Waals surface area contributed by atoms with Gasteiger partial charge in [0.1, 0.15) is 11.5 Å². The minimum atomic E-state index is -0.511. The SMILES string of the molecule is O=C(Nc1ccccc1F)c1cc(-c2ccccc2)nn1-c1ccccc1Cl. The Labute approximate surface area is 166 Å². The highest BCUT2D eigenvalue weighted by Crippen LogP contribution is 2.26. The van der Waals surface area contributed by atoms with Crippen molar-refractivity contribution in [3.05, 3.63) is 101 Å². The summed E-state index contributed by atoms with van der Waals surface area (Å²) < 4.78 is 15.4. The Morgan fingerprint density at radius 2 is 1.61 bits per heavy atom. The summed E-state index contributed by atoms with van der Waals surface area (Å²) in [6.45, 7) is 0. The number of halogens is 2. The van der Waals surface area contributed by atoms with E-state index in [1.54, 1.807) is 36.4 Å². The third kappa shape index (κ3) is 3.52. The number of para-hydroxylation sites is 2. The molecule has 0 bridgehead atoms. The van der Waals surface area contributed by atoms with Crippen molar-refractivity contribution >= 4 is 23.2 Å². The van der Waals surface area contributed by atoms with Gasteiger partial charge in [0.05, 0.1) is 22.1 Å². The summed E-state index contributed by atoms with van der Waals surface area (Å²) in [7, 11) is 0. The van der Waals surface area contributed by atoms with E-state index in [1.807, 2.05) is 36.4 Å². The molecule has 0 atom stereocenters. The van der Waals surface area contributed by atoms with Gasteiger partial charge in [-0.05, 0) is 30.3 Å². The molecule has 28 heavy (non-hydrogen) atoms. The average molecular weight is 392 g/mol. The highest BCUT2D eigenvalue weighted by atomic mass is 35.5. The van der Waals surface area contributed by atoms with Crippen molar-refractivity contribution in [1.82, 2.24) is 9.78 Å². The van der Waals surface area contributed by atoms with Crippen LogP contribution in [0.15, 0.2) is 84.9 Å². The van der Waals surface area contributed by atoms with Crippen molar-refractivity contribution in [2.24, 2.45) is 0 Å². The molecule has 0 spiro atoms. The van der Waals surface area contributed by atoms with Gasteiger partial charge in [-0.25, -0.2) is 9.07 Å². The standard InChI is InChI=1S/C22H15ClFN3O/c23-16-10-4-7-13-20(16)27-21(14-19(26-27)15-8-2-1-3-9-15)22(28)25-18-12-6-5-11-17(18)24/h1-14H,(H,25,28). The molecule has 0 saturated heterocycles. The van der Waals surface area contributed by atoms with Gasteiger partial charge in [-0.2, -0.15) is 5.10 Å². The molecule has 0 aliphatic carbocycles. The molecular formula is C22H15ClFN3O. The number of amides is 1. The second kappa shape index (κ2) is 7.66. The largest absolute Gasteiger partial charge is 0.318 e. The van der Waals surface area contributed by atoms with Gasteiger partial charge in [-0.1, -0.05) is 66.2 Å². The van der Waals surface area contributed by atoms with Crippen molar-refractivity contribution in [2.75, 3.05) is 5.32 Å². The number of aromatic nitrogens is 2. The molecule has 1 heterocycles. The van der Waals surface area contributed by atoms with E-state index >= 15 is 0 Å². The van der Waals surface area contributed by atoms with Crippen molar-refractivity contribution in [3.63, 3.8) is 0 Å². The normalized spacial score (nSPS) is 10.6. The fourth-order valence-electron chi connectivity index (χ4n) is 2.85. The number of carbonyl (C=O) groups excluding carboxylic acids is 1. The number of rotatable bonds is 4. The Morgan fingerprint density at radius 1 is 0.929 bits per heavy atom. The highest BCUT2D eigenvalue weighted by molar-refractivity contribution is 6.32. The lowest BCUT2D eigenvalue weighted by Crippen LogP contribution is -2.17. The first-order chi connectivity index (χ1) is 13.6. The van der Waals surface area contributed by atoms with Gasteiger partial charge in [-0.15, -0.1) is 0 Å². The lowest BCUT2D eigenvalue weighted by atomic mass is 10.1. The van der Waals surface area contributed by atoms with Gasteiger partial charge in [0.25, 0.3) is 5.91 Å². The number of benzene rings is 3. The molecule has 0 radical (unpaired) electrons. The zero-order valence-corrected chi connectivity index (χ0v) is 15.4. The lowest BCUT2D eigenvalue weighted by Gasteiger charge is -2.10. The molecule has 0 saturated carbocycles. The van der Waals surface area contributed by atoms with Crippen LogP contribution in [0.3, 0.4) is 0 Å². The Kier molecular flexibility index (Phi) is 4.91. The Morgan fingerprint density at radius 3 is 2.36 bits per heavy atom. The van der Waals surface area contributed by atoms with E-state index < -0.39 is 11.7 Å². The third-order valence-electron chi connectivity index (χ3n) is 4.21. The Hall–Kier alpha value is -3.44. The van der Waals surface area contributed by atoms with Crippen molar-refractivity contribution in [3.8, 4) is 16.9 Å². The minimum Gasteiger partial charge on any atom is -0.318 e. The molecule has 0 aliphatic rings. The van der Waals surface area contributed by atoms with Gasteiger partial charge in [-0.3, -0.25) is 4.79 Å². The van der Waals surface area contributed by atoms with Crippen LogP contribution in [0.2, 0.25) is 5.02 Å². The maximum Gasteiger partial charge on any atom is 0.274 e. The molecule has 0 aliphatic heterocycles. The molecule has 1 N–H and O–H groups in total.